The van der Waals surface area contributed by atoms with Crippen molar-refractivity contribution in [2.45, 2.75) is 53.6 Å². The van der Waals surface area contributed by atoms with Crippen molar-refractivity contribution in [2.24, 2.45) is 11.8 Å². The summed E-state index contributed by atoms with van der Waals surface area (Å²) in [5.74, 6) is -0.257. The highest BCUT2D eigenvalue weighted by Crippen LogP contribution is 2.38. The number of nitrogens with zero attached hydrogens (tertiary/aromatic N) is 6. The van der Waals surface area contributed by atoms with E-state index >= 15 is 0 Å². The predicted molar refractivity (Wildman–Crippen MR) is 160 cm³/mol. The molecular formula is C32H39FN6O3. The predicted octanol–water partition coefficient (Wildman–Crippen LogP) is 5.32. The van der Waals surface area contributed by atoms with Gasteiger partial charge in [-0.3, -0.25) is 14.5 Å². The van der Waals surface area contributed by atoms with Gasteiger partial charge in [-0.25, -0.2) is 9.07 Å². The van der Waals surface area contributed by atoms with Crippen molar-refractivity contribution in [3.05, 3.63) is 72.0 Å². The number of hydrogen-bond acceptors (Lipinski definition) is 6. The summed E-state index contributed by atoms with van der Waals surface area (Å²) >= 11 is 0. The van der Waals surface area contributed by atoms with E-state index in [2.05, 4.69) is 49.8 Å². The molecule has 2 aliphatic rings. The number of aryl methyl sites for hydroxylation is 1. The molecule has 4 aromatic rings. The van der Waals surface area contributed by atoms with E-state index in [0.29, 0.717) is 43.2 Å². The van der Waals surface area contributed by atoms with Crippen molar-refractivity contribution < 1.29 is 18.5 Å². The topological polar surface area (TPSA) is 87.7 Å². The first-order valence-electron chi connectivity index (χ1n) is 14.6. The Balaban J connectivity index is 0.000000342. The Labute approximate surface area is 245 Å². The minimum atomic E-state index is -0.369. The Morgan fingerprint density at radius 2 is 1.76 bits per heavy atom. The van der Waals surface area contributed by atoms with E-state index in [9.17, 15) is 14.0 Å². The highest BCUT2D eigenvalue weighted by molar-refractivity contribution is 6.06. The van der Waals surface area contributed by atoms with Crippen LogP contribution in [0.25, 0.3) is 16.6 Å². The maximum Gasteiger partial charge on any atom is 0.276 e. The molecule has 222 valence electrons. The number of amides is 2. The van der Waals surface area contributed by atoms with Crippen molar-refractivity contribution in [3.63, 3.8) is 0 Å². The van der Waals surface area contributed by atoms with Crippen LogP contribution in [0.15, 0.2) is 59.3 Å². The summed E-state index contributed by atoms with van der Waals surface area (Å²) < 4.78 is 20.9. The molecule has 2 aliphatic heterocycles. The normalized spacial score (nSPS) is 18.4. The summed E-state index contributed by atoms with van der Waals surface area (Å²) in [5, 5.41) is 8.98. The maximum absolute atomic E-state index is 14.4. The molecule has 0 aliphatic carbocycles. The van der Waals surface area contributed by atoms with Crippen LogP contribution in [0, 0.1) is 24.6 Å². The lowest BCUT2D eigenvalue weighted by atomic mass is 10.0. The van der Waals surface area contributed by atoms with Crippen molar-refractivity contribution in [1.29, 1.82) is 0 Å². The molecular weight excluding hydrogens is 535 g/mol. The van der Waals surface area contributed by atoms with Gasteiger partial charge < -0.3 is 14.3 Å². The number of anilines is 1. The second-order valence-corrected chi connectivity index (χ2v) is 11.6. The van der Waals surface area contributed by atoms with Gasteiger partial charge in [0.05, 0.1) is 23.3 Å². The van der Waals surface area contributed by atoms with Crippen molar-refractivity contribution in [2.75, 3.05) is 31.1 Å². The monoisotopic (exact) mass is 574 g/mol. The van der Waals surface area contributed by atoms with E-state index in [1.54, 1.807) is 51.9 Å². The third kappa shape index (κ3) is 5.55. The molecule has 6 rings (SSSR count). The Kier molecular flexibility index (Phi) is 8.45. The highest BCUT2D eigenvalue weighted by Gasteiger charge is 2.48. The molecule has 10 heteroatoms. The molecule has 4 heterocycles. The summed E-state index contributed by atoms with van der Waals surface area (Å²) in [6.07, 6.45) is 1.67. The van der Waals surface area contributed by atoms with Crippen molar-refractivity contribution in [1.82, 2.24) is 24.7 Å². The number of para-hydroxylation sites is 1. The maximum atomic E-state index is 14.4. The number of carbonyl (C=O) groups is 2. The standard InChI is InChI=1S/C24H20FN5O3.C8H19N/c1-14-9-19(27-33-14)24(32)28-11-15-12-29(23(31)17(15)13-28)20-7-4-8-21-16(20)10-26-30(21)22-6-3-2-5-18(22)25;1-6-9(7(2)3)8(4)5/h2-10,15,17H,11-13H2,1H3;7-8H,6H2,1-5H3/t15-,17+;/m1./s1. The van der Waals surface area contributed by atoms with Gasteiger partial charge in [-0.05, 0) is 65.4 Å². The number of likely N-dealkylation sites (tertiary alicyclic amines) is 1. The van der Waals surface area contributed by atoms with Crippen molar-refractivity contribution >= 4 is 28.4 Å². The molecule has 9 nitrogen and oxygen atoms in total. The summed E-state index contributed by atoms with van der Waals surface area (Å²) in [6, 6.07) is 15.0. The molecule has 2 aromatic carbocycles. The zero-order chi connectivity index (χ0) is 30.1. The summed E-state index contributed by atoms with van der Waals surface area (Å²) in [6.45, 7) is 15.4. The highest BCUT2D eigenvalue weighted by atomic mass is 19.1. The molecule has 2 saturated heterocycles. The van der Waals surface area contributed by atoms with E-state index < -0.39 is 0 Å². The molecule has 0 unspecified atom stereocenters. The van der Waals surface area contributed by atoms with Crippen LogP contribution in [0.4, 0.5) is 10.1 Å². The van der Waals surface area contributed by atoms with E-state index in [1.807, 2.05) is 18.2 Å². The molecule has 0 bridgehead atoms. The van der Waals surface area contributed by atoms with E-state index in [4.69, 9.17) is 4.52 Å². The number of hydrogen-bond donors (Lipinski definition) is 0. The second kappa shape index (κ2) is 12.1. The summed E-state index contributed by atoms with van der Waals surface area (Å²) in [7, 11) is 0. The Bertz CT molecular complexity index is 1570. The van der Waals surface area contributed by atoms with Gasteiger partial charge in [-0.2, -0.15) is 5.10 Å². The Hall–Kier alpha value is -4.05. The fraction of sp³-hybridized carbons (Fsp3) is 0.438. The number of aromatic nitrogens is 3. The van der Waals surface area contributed by atoms with Crippen LogP contribution in [-0.4, -0.2) is 74.8 Å². The fourth-order valence-electron chi connectivity index (χ4n) is 6.29. The average molecular weight is 575 g/mol. The molecule has 0 saturated carbocycles. The molecule has 0 spiro atoms. The third-order valence-electron chi connectivity index (χ3n) is 8.23. The van der Waals surface area contributed by atoms with E-state index in [0.717, 1.165) is 23.1 Å². The lowest BCUT2D eigenvalue weighted by Crippen LogP contribution is -2.36. The van der Waals surface area contributed by atoms with Gasteiger partial charge >= 0.3 is 0 Å². The summed E-state index contributed by atoms with van der Waals surface area (Å²) in [4.78, 5) is 32.0. The van der Waals surface area contributed by atoms with Crippen LogP contribution in [-0.2, 0) is 4.79 Å². The Morgan fingerprint density at radius 3 is 2.36 bits per heavy atom. The molecule has 0 N–H and O–H groups in total. The fourth-order valence-corrected chi connectivity index (χ4v) is 6.29. The van der Waals surface area contributed by atoms with Gasteiger partial charge in [0.2, 0.25) is 5.91 Å². The lowest BCUT2D eigenvalue weighted by molar-refractivity contribution is -0.120. The molecule has 2 amide bonds. The minimum Gasteiger partial charge on any atom is -0.361 e. The number of halogens is 1. The Morgan fingerprint density at radius 1 is 1.05 bits per heavy atom. The van der Waals surface area contributed by atoms with Crippen LogP contribution >= 0.6 is 0 Å². The first-order chi connectivity index (χ1) is 20.1. The van der Waals surface area contributed by atoms with Crippen LogP contribution in [0.5, 0.6) is 0 Å². The number of carbonyl (C=O) groups excluding carboxylic acids is 2. The SMILES string of the molecule is CCN(C(C)C)C(C)C.Cc1cc(C(=O)N2C[C@@H]3CN(c4cccc5c4cnn5-c4ccccc4F)C(=O)[C@H]3C2)no1. The van der Waals surface area contributed by atoms with Crippen LogP contribution in [0.2, 0.25) is 0 Å². The lowest BCUT2D eigenvalue weighted by Gasteiger charge is -2.28. The molecule has 0 radical (unpaired) electrons. The smallest absolute Gasteiger partial charge is 0.276 e. The largest absolute Gasteiger partial charge is 0.361 e. The van der Waals surface area contributed by atoms with Gasteiger partial charge in [0.1, 0.15) is 17.3 Å². The zero-order valence-corrected chi connectivity index (χ0v) is 25.1. The van der Waals surface area contributed by atoms with E-state index in [-0.39, 0.29) is 35.2 Å². The van der Waals surface area contributed by atoms with Gasteiger partial charge in [0.15, 0.2) is 5.69 Å². The first-order valence-corrected chi connectivity index (χ1v) is 14.6. The van der Waals surface area contributed by atoms with E-state index in [1.165, 1.54) is 6.07 Å². The van der Waals surface area contributed by atoms with Crippen molar-refractivity contribution in [3.8, 4) is 5.69 Å². The number of benzene rings is 2. The zero-order valence-electron chi connectivity index (χ0n) is 25.1. The van der Waals surface area contributed by atoms with Gasteiger partial charge in [-0.15, -0.1) is 0 Å². The summed E-state index contributed by atoms with van der Waals surface area (Å²) in [5.41, 5.74) is 2.09. The van der Waals surface area contributed by atoms with Gasteiger partial charge in [0, 0.05) is 49.1 Å². The quantitative estimate of drug-likeness (QED) is 0.310. The average Bonchev–Trinajstić information content (AvgIpc) is 3.74. The van der Waals surface area contributed by atoms with Gasteiger partial charge in [-0.1, -0.05) is 30.3 Å². The molecule has 2 atom stereocenters. The first kappa shape index (κ1) is 29.4. The van der Waals surface area contributed by atoms with Crippen LogP contribution < -0.4 is 4.90 Å². The second-order valence-electron chi connectivity index (χ2n) is 11.6. The number of fused-ring (bicyclic) bond motifs is 2. The van der Waals surface area contributed by atoms with Crippen LogP contribution in [0.1, 0.15) is 50.9 Å². The minimum absolute atomic E-state index is 0.0159. The van der Waals surface area contributed by atoms with Crippen LogP contribution in [0.3, 0.4) is 0 Å². The third-order valence-corrected chi connectivity index (χ3v) is 8.23. The molecule has 2 fully saturated rings. The number of rotatable bonds is 6. The molecule has 42 heavy (non-hydrogen) atoms. The van der Waals surface area contributed by atoms with Gasteiger partial charge in [0.25, 0.3) is 5.91 Å². The molecule has 2 aromatic heterocycles.